The second kappa shape index (κ2) is 4.76. The van der Waals surface area contributed by atoms with Gasteiger partial charge in [-0.25, -0.2) is 0 Å². The number of aryl methyl sites for hydroxylation is 2. The van der Waals surface area contributed by atoms with Gasteiger partial charge in [0.05, 0.1) is 6.10 Å². The summed E-state index contributed by atoms with van der Waals surface area (Å²) in [4.78, 5) is 0. The zero-order valence-electron chi connectivity index (χ0n) is 9.66. The van der Waals surface area contributed by atoms with Gasteiger partial charge in [-0.15, -0.1) is 0 Å². The zero-order valence-corrected chi connectivity index (χ0v) is 11.3. The summed E-state index contributed by atoms with van der Waals surface area (Å²) < 4.78 is 6.74. The van der Waals surface area contributed by atoms with Crippen LogP contribution in [0, 0.1) is 19.8 Å². The maximum absolute atomic E-state index is 9.71. The van der Waals surface area contributed by atoms with Crippen molar-refractivity contribution >= 4 is 15.9 Å². The largest absolute Gasteiger partial charge is 0.491 e. The van der Waals surface area contributed by atoms with Gasteiger partial charge in [0.15, 0.2) is 0 Å². The molecular weight excluding hydrogens is 268 g/mol. The Balaban J connectivity index is 1.98. The molecule has 0 aliphatic heterocycles. The van der Waals surface area contributed by atoms with Gasteiger partial charge < -0.3 is 9.84 Å². The molecule has 1 aliphatic rings. The predicted octanol–water partition coefficient (Wildman–Crippen LogP) is 3.22. The Kier molecular flexibility index (Phi) is 3.55. The molecule has 1 aliphatic carbocycles. The van der Waals surface area contributed by atoms with Gasteiger partial charge in [0.25, 0.3) is 0 Å². The van der Waals surface area contributed by atoms with Gasteiger partial charge in [-0.1, -0.05) is 15.9 Å². The van der Waals surface area contributed by atoms with Crippen LogP contribution in [0.5, 0.6) is 5.75 Å². The van der Waals surface area contributed by atoms with Crippen LogP contribution in [0.25, 0.3) is 0 Å². The first kappa shape index (κ1) is 11.9. The maximum atomic E-state index is 9.71. The van der Waals surface area contributed by atoms with Crippen LogP contribution in [-0.2, 0) is 0 Å². The summed E-state index contributed by atoms with van der Waals surface area (Å²) in [5, 5.41) is 9.71. The monoisotopic (exact) mass is 284 g/mol. The fourth-order valence-electron chi connectivity index (χ4n) is 1.79. The van der Waals surface area contributed by atoms with Crippen LogP contribution < -0.4 is 4.74 Å². The summed E-state index contributed by atoms with van der Waals surface area (Å²) in [6, 6.07) is 3.99. The molecule has 0 heterocycles. The summed E-state index contributed by atoms with van der Waals surface area (Å²) in [6.07, 6.45) is 1.98. The lowest BCUT2D eigenvalue weighted by Crippen LogP contribution is -2.19. The molecule has 0 spiro atoms. The number of aliphatic hydroxyl groups is 1. The van der Waals surface area contributed by atoms with E-state index in [1.807, 2.05) is 26.0 Å². The second-order valence-electron chi connectivity index (χ2n) is 4.59. The van der Waals surface area contributed by atoms with Gasteiger partial charge in [0, 0.05) is 4.47 Å². The molecule has 2 nitrogen and oxygen atoms in total. The van der Waals surface area contributed by atoms with Crippen molar-refractivity contribution in [2.24, 2.45) is 5.92 Å². The highest BCUT2D eigenvalue weighted by Crippen LogP contribution is 2.33. The highest BCUT2D eigenvalue weighted by atomic mass is 79.9. The zero-order chi connectivity index (χ0) is 11.7. The smallest absolute Gasteiger partial charge is 0.120 e. The van der Waals surface area contributed by atoms with Crippen molar-refractivity contribution in [3.8, 4) is 5.75 Å². The SMILES string of the molecule is Cc1cc(OCC(O)C2CC2)cc(C)c1Br. The van der Waals surface area contributed by atoms with Crippen LogP contribution in [0.3, 0.4) is 0 Å². The average molecular weight is 285 g/mol. The Morgan fingerprint density at radius 2 is 1.94 bits per heavy atom. The van der Waals surface area contributed by atoms with Gasteiger partial charge in [-0.3, -0.25) is 0 Å². The van der Waals surface area contributed by atoms with E-state index in [0.29, 0.717) is 12.5 Å². The number of aliphatic hydroxyl groups excluding tert-OH is 1. The van der Waals surface area contributed by atoms with E-state index in [9.17, 15) is 5.11 Å². The Morgan fingerprint density at radius 3 is 2.44 bits per heavy atom. The summed E-state index contributed by atoms with van der Waals surface area (Å²) in [6.45, 7) is 4.49. The number of benzene rings is 1. The van der Waals surface area contributed by atoms with Crippen molar-refractivity contribution in [3.05, 3.63) is 27.7 Å². The fourth-order valence-corrected chi connectivity index (χ4v) is 2.02. The van der Waals surface area contributed by atoms with E-state index in [1.165, 1.54) is 0 Å². The van der Waals surface area contributed by atoms with E-state index in [4.69, 9.17) is 4.74 Å². The van der Waals surface area contributed by atoms with Crippen molar-refractivity contribution in [2.45, 2.75) is 32.8 Å². The first-order valence-electron chi connectivity index (χ1n) is 5.65. The van der Waals surface area contributed by atoms with Gasteiger partial charge in [-0.2, -0.15) is 0 Å². The average Bonchev–Trinajstić information content (AvgIpc) is 3.05. The Morgan fingerprint density at radius 1 is 1.38 bits per heavy atom. The van der Waals surface area contributed by atoms with Crippen molar-refractivity contribution in [1.82, 2.24) is 0 Å². The molecule has 1 aromatic carbocycles. The fraction of sp³-hybridized carbons (Fsp3) is 0.538. The van der Waals surface area contributed by atoms with Crippen molar-refractivity contribution in [3.63, 3.8) is 0 Å². The highest BCUT2D eigenvalue weighted by molar-refractivity contribution is 9.10. The number of hydrogen-bond donors (Lipinski definition) is 1. The molecule has 0 aromatic heterocycles. The van der Waals surface area contributed by atoms with Crippen molar-refractivity contribution in [1.29, 1.82) is 0 Å². The van der Waals surface area contributed by atoms with E-state index >= 15 is 0 Å². The lowest BCUT2D eigenvalue weighted by Gasteiger charge is -2.13. The molecule has 1 aromatic rings. The molecule has 0 saturated heterocycles. The minimum absolute atomic E-state index is 0.302. The van der Waals surface area contributed by atoms with Gasteiger partial charge in [-0.05, 0) is 55.9 Å². The van der Waals surface area contributed by atoms with E-state index < -0.39 is 0 Å². The number of ether oxygens (including phenoxy) is 1. The van der Waals surface area contributed by atoms with E-state index in [2.05, 4.69) is 15.9 Å². The topological polar surface area (TPSA) is 29.5 Å². The molecule has 2 rings (SSSR count). The van der Waals surface area contributed by atoms with E-state index in [0.717, 1.165) is 34.2 Å². The predicted molar refractivity (Wildman–Crippen MR) is 67.8 cm³/mol. The minimum Gasteiger partial charge on any atom is -0.491 e. The van der Waals surface area contributed by atoms with Crippen LogP contribution in [0.4, 0.5) is 0 Å². The molecule has 1 saturated carbocycles. The summed E-state index contributed by atoms with van der Waals surface area (Å²) in [5.41, 5.74) is 2.33. The standard InChI is InChI=1S/C13H17BrO2/c1-8-5-11(6-9(2)13(8)14)16-7-12(15)10-3-4-10/h5-6,10,12,15H,3-4,7H2,1-2H3. The van der Waals surface area contributed by atoms with Crippen LogP contribution in [-0.4, -0.2) is 17.8 Å². The molecule has 1 unspecified atom stereocenters. The quantitative estimate of drug-likeness (QED) is 0.920. The minimum atomic E-state index is -0.302. The van der Waals surface area contributed by atoms with Gasteiger partial charge >= 0.3 is 0 Å². The Bertz CT molecular complexity index is 363. The first-order chi connectivity index (χ1) is 7.58. The third kappa shape index (κ3) is 2.77. The normalized spacial score (nSPS) is 17.2. The molecule has 1 atom stereocenters. The van der Waals surface area contributed by atoms with Crippen LogP contribution >= 0.6 is 15.9 Å². The first-order valence-corrected chi connectivity index (χ1v) is 6.45. The molecule has 1 N–H and O–H groups in total. The molecule has 3 heteroatoms. The van der Waals surface area contributed by atoms with Crippen LogP contribution in [0.1, 0.15) is 24.0 Å². The third-order valence-electron chi connectivity index (χ3n) is 3.00. The number of halogens is 1. The molecule has 16 heavy (non-hydrogen) atoms. The summed E-state index contributed by atoms with van der Waals surface area (Å²) >= 11 is 3.52. The molecule has 88 valence electrons. The van der Waals surface area contributed by atoms with Crippen LogP contribution in [0.15, 0.2) is 16.6 Å². The maximum Gasteiger partial charge on any atom is 0.120 e. The van der Waals surface area contributed by atoms with Gasteiger partial charge in [0.1, 0.15) is 12.4 Å². The highest BCUT2D eigenvalue weighted by Gasteiger charge is 2.30. The Hall–Kier alpha value is -0.540. The lowest BCUT2D eigenvalue weighted by atomic mass is 10.1. The third-order valence-corrected chi connectivity index (χ3v) is 4.25. The second-order valence-corrected chi connectivity index (χ2v) is 5.38. The van der Waals surface area contributed by atoms with Crippen molar-refractivity contribution in [2.75, 3.05) is 6.61 Å². The molecular formula is C13H17BrO2. The number of hydrogen-bond acceptors (Lipinski definition) is 2. The molecule has 0 amide bonds. The summed E-state index contributed by atoms with van der Waals surface area (Å²) in [7, 11) is 0. The lowest BCUT2D eigenvalue weighted by molar-refractivity contribution is 0.0894. The van der Waals surface area contributed by atoms with Gasteiger partial charge in [0.2, 0.25) is 0 Å². The van der Waals surface area contributed by atoms with E-state index in [1.54, 1.807) is 0 Å². The van der Waals surface area contributed by atoms with Crippen LogP contribution in [0.2, 0.25) is 0 Å². The summed E-state index contributed by atoms with van der Waals surface area (Å²) in [5.74, 6) is 1.32. The molecule has 0 radical (unpaired) electrons. The molecule has 0 bridgehead atoms. The number of rotatable bonds is 4. The molecule has 1 fully saturated rings. The van der Waals surface area contributed by atoms with Crippen molar-refractivity contribution < 1.29 is 9.84 Å². The van der Waals surface area contributed by atoms with E-state index in [-0.39, 0.29) is 6.10 Å². The Labute approximate surface area is 105 Å².